The number of ketones is 1. The normalized spacial score (nSPS) is 42.0. The van der Waals surface area contributed by atoms with E-state index in [1.54, 1.807) is 6.92 Å². The Kier molecular flexibility index (Phi) is 8.76. The van der Waals surface area contributed by atoms with Crippen LogP contribution in [0.2, 0.25) is 0 Å². The molecule has 4 fully saturated rings. The maximum atomic E-state index is 14.8. The minimum Gasteiger partial charge on any atom is -0.481 e. The second-order valence-electron chi connectivity index (χ2n) is 17.9. The third kappa shape index (κ3) is 5.66. The zero-order valence-electron chi connectivity index (χ0n) is 31.0. The third-order valence-electron chi connectivity index (χ3n) is 15.0. The molecule has 282 valence electrons. The molecular weight excluding hydrogens is 680 g/mol. The van der Waals surface area contributed by atoms with E-state index in [1.165, 1.54) is 6.92 Å². The number of carbonyl (C=O) groups excluding carboxylic acids is 3. The van der Waals surface area contributed by atoms with Crippen LogP contribution in [0, 0.1) is 57.2 Å². The van der Waals surface area contributed by atoms with E-state index >= 15 is 0 Å². The van der Waals surface area contributed by atoms with Crippen molar-refractivity contribution in [1.29, 1.82) is 0 Å². The van der Waals surface area contributed by atoms with Crippen LogP contribution < -0.4 is 5.82 Å². The highest BCUT2D eigenvalue weighted by atomic mass is 32.2. The first-order valence-electron chi connectivity index (χ1n) is 18.1. The van der Waals surface area contributed by atoms with Gasteiger partial charge in [0.1, 0.15) is 17.3 Å². The molecule has 0 amide bonds. The third-order valence-corrected chi connectivity index (χ3v) is 15.7. The molecular formula is C38H52O12S. The van der Waals surface area contributed by atoms with Gasteiger partial charge in [0, 0.05) is 12.2 Å². The maximum absolute atomic E-state index is 14.8. The Balaban J connectivity index is 1.40. The monoisotopic (exact) mass is 732 g/mol. The molecule has 0 aliphatic heterocycles. The number of hydrogen-bond donors (Lipinski definition) is 1. The molecule has 10 atom stereocenters. The van der Waals surface area contributed by atoms with Crippen LogP contribution >= 0.6 is 0 Å². The smallest absolute Gasteiger partial charge is 0.481 e. The average molecular weight is 733 g/mol. The van der Waals surface area contributed by atoms with Crippen molar-refractivity contribution >= 4 is 33.5 Å². The Morgan fingerprint density at radius 1 is 0.941 bits per heavy atom. The van der Waals surface area contributed by atoms with Crippen molar-refractivity contribution in [2.75, 3.05) is 12.0 Å². The first-order chi connectivity index (χ1) is 23.4. The lowest BCUT2D eigenvalue weighted by Crippen LogP contribution is -2.68. The highest BCUT2D eigenvalue weighted by Gasteiger charge is 2.72. The highest BCUT2D eigenvalue weighted by molar-refractivity contribution is 7.91. The quantitative estimate of drug-likeness (QED) is 0.344. The van der Waals surface area contributed by atoms with E-state index in [1.807, 2.05) is 19.9 Å². The van der Waals surface area contributed by atoms with E-state index in [-0.39, 0.29) is 35.1 Å². The maximum Gasteiger partial charge on any atom is 0.519 e. The van der Waals surface area contributed by atoms with Crippen LogP contribution in [0.5, 0.6) is 0 Å². The molecule has 5 aliphatic rings. The van der Waals surface area contributed by atoms with Crippen molar-refractivity contribution in [2.24, 2.45) is 50.2 Å². The second kappa shape index (κ2) is 11.9. The van der Waals surface area contributed by atoms with Crippen molar-refractivity contribution in [3.8, 4) is 0 Å². The van der Waals surface area contributed by atoms with Crippen LogP contribution in [0.1, 0.15) is 111 Å². The van der Waals surface area contributed by atoms with Gasteiger partial charge in [-0.15, -0.1) is 0 Å². The van der Waals surface area contributed by atoms with Crippen molar-refractivity contribution in [2.45, 2.75) is 119 Å². The molecule has 4 saturated carbocycles. The fraction of sp³-hybridized carbons (Fsp3) is 0.763. The topological polar surface area (TPSA) is 184 Å². The van der Waals surface area contributed by atoms with Crippen molar-refractivity contribution < 1.29 is 51.0 Å². The number of carbonyl (C=O) groups is 4. The number of aliphatic carboxylic acids is 1. The first-order valence-corrected chi connectivity index (χ1v) is 20.1. The lowest BCUT2D eigenvalue weighted by molar-refractivity contribution is -0.224. The summed E-state index contributed by atoms with van der Waals surface area (Å²) >= 11 is 0. The Morgan fingerprint density at radius 3 is 2.22 bits per heavy atom. The summed E-state index contributed by atoms with van der Waals surface area (Å²) in [6.07, 6.45) is 7.08. The molecule has 1 N–H and O–H groups in total. The SMILES string of the molecule is Cc1oc(=O)oc1COC(=O)[C@]1(C)[C@@H](OC(=O)CS(C)(=O)=O)CC[C@@]2(C)[C@H]1CC[C@]1(C)[C@@H]2C(=O)C=C2[C@@H]3C[C@@](C)(C(=O)O)CC[C@]3(C)CC[C@]21C. The number of ether oxygens (including phenoxy) is 2. The molecule has 5 aliphatic carbocycles. The van der Waals surface area contributed by atoms with Crippen molar-refractivity contribution in [3.63, 3.8) is 0 Å². The summed E-state index contributed by atoms with van der Waals surface area (Å²) in [6, 6.07) is 0. The minimum atomic E-state index is -3.72. The number of aryl methyl sites for hydroxylation is 1. The minimum absolute atomic E-state index is 0.0249. The Hall–Kier alpha value is -3.22. The van der Waals surface area contributed by atoms with Crippen LogP contribution in [0.25, 0.3) is 0 Å². The number of rotatable bonds is 7. The Bertz CT molecular complexity index is 1870. The number of hydrogen-bond acceptors (Lipinski definition) is 11. The lowest BCUT2D eigenvalue weighted by Gasteiger charge is -2.70. The highest BCUT2D eigenvalue weighted by Crippen LogP contribution is 2.75. The van der Waals surface area contributed by atoms with Gasteiger partial charge in [-0.1, -0.05) is 33.3 Å². The van der Waals surface area contributed by atoms with E-state index in [2.05, 4.69) is 20.8 Å². The Morgan fingerprint density at radius 2 is 1.61 bits per heavy atom. The molecule has 0 unspecified atom stereocenters. The largest absolute Gasteiger partial charge is 0.519 e. The predicted molar refractivity (Wildman–Crippen MR) is 183 cm³/mol. The van der Waals surface area contributed by atoms with Gasteiger partial charge in [-0.05, 0) is 118 Å². The summed E-state index contributed by atoms with van der Waals surface area (Å²) in [5, 5.41) is 10.2. The number of allylic oxidation sites excluding steroid dienone is 2. The van der Waals surface area contributed by atoms with Gasteiger partial charge < -0.3 is 23.4 Å². The van der Waals surface area contributed by atoms with E-state index < -0.39 is 90.9 Å². The molecule has 6 rings (SSSR count). The van der Waals surface area contributed by atoms with Gasteiger partial charge in [0.05, 0.1) is 5.41 Å². The average Bonchev–Trinajstić information content (AvgIpc) is 3.34. The lowest BCUT2D eigenvalue weighted by atomic mass is 9.33. The van der Waals surface area contributed by atoms with E-state index in [4.69, 9.17) is 18.3 Å². The van der Waals surface area contributed by atoms with E-state index in [0.717, 1.165) is 31.1 Å². The van der Waals surface area contributed by atoms with Crippen molar-refractivity contribution in [3.05, 3.63) is 33.8 Å². The second-order valence-corrected chi connectivity index (χ2v) is 20.1. The van der Waals surface area contributed by atoms with Gasteiger partial charge in [0.15, 0.2) is 33.7 Å². The van der Waals surface area contributed by atoms with Crippen LogP contribution in [-0.2, 0) is 45.1 Å². The van der Waals surface area contributed by atoms with Crippen LogP contribution in [0.15, 0.2) is 25.3 Å². The molecule has 0 aromatic carbocycles. The van der Waals surface area contributed by atoms with E-state index in [9.17, 15) is 37.5 Å². The summed E-state index contributed by atoms with van der Waals surface area (Å²) in [4.78, 5) is 66.3. The molecule has 12 nitrogen and oxygen atoms in total. The zero-order valence-corrected chi connectivity index (χ0v) is 31.8. The molecule has 0 bridgehead atoms. The molecule has 1 aromatic heterocycles. The number of sulfone groups is 1. The Labute approximate surface area is 299 Å². The first kappa shape index (κ1) is 37.5. The number of carboxylic acid groups (broad SMARTS) is 1. The summed E-state index contributed by atoms with van der Waals surface area (Å²) in [7, 11) is -3.72. The summed E-state index contributed by atoms with van der Waals surface area (Å²) < 4.78 is 45.6. The van der Waals surface area contributed by atoms with Gasteiger partial charge in [-0.3, -0.25) is 19.2 Å². The standard InChI is InChI=1S/C38H52O12S/c1-21-25(49-32(44)48-21)19-47-31(43)38(7)26-9-12-37(6)29(35(26,4)11-10-27(38)50-28(40)20-51(8,45)46)24(39)17-22-23-18-34(3,30(41)42)14-13-33(23,2)15-16-36(22,37)5/h17,23,26-27,29H,9-16,18-20H2,1-8H3,(H,41,42)/t23-,26+,27-,29+,33+,34-,35-,36+,37+,38-/m0/s1. The molecule has 13 heteroatoms. The van der Waals surface area contributed by atoms with Gasteiger partial charge in [-0.25, -0.2) is 13.2 Å². The van der Waals surface area contributed by atoms with Gasteiger partial charge in [-0.2, -0.15) is 0 Å². The number of fused-ring (bicyclic) bond motifs is 7. The fourth-order valence-electron chi connectivity index (χ4n) is 11.7. The molecule has 51 heavy (non-hydrogen) atoms. The van der Waals surface area contributed by atoms with Crippen LogP contribution in [0.4, 0.5) is 0 Å². The van der Waals surface area contributed by atoms with Crippen molar-refractivity contribution in [1.82, 2.24) is 0 Å². The summed E-state index contributed by atoms with van der Waals surface area (Å²) in [5.74, 6) is -5.14. The number of esters is 2. The van der Waals surface area contributed by atoms with Crippen LogP contribution in [0.3, 0.4) is 0 Å². The number of carboxylic acids is 1. The molecule has 0 radical (unpaired) electrons. The van der Waals surface area contributed by atoms with E-state index in [0.29, 0.717) is 32.1 Å². The van der Waals surface area contributed by atoms with Gasteiger partial charge in [0.25, 0.3) is 0 Å². The van der Waals surface area contributed by atoms with Gasteiger partial charge in [0.2, 0.25) is 0 Å². The molecule has 0 spiro atoms. The zero-order chi connectivity index (χ0) is 37.7. The summed E-state index contributed by atoms with van der Waals surface area (Å²) in [6.45, 7) is 13.3. The predicted octanol–water partition coefficient (Wildman–Crippen LogP) is 5.59. The molecule has 0 saturated heterocycles. The molecule has 1 aromatic rings. The van der Waals surface area contributed by atoms with Crippen LogP contribution in [-0.4, -0.2) is 55.3 Å². The van der Waals surface area contributed by atoms with Gasteiger partial charge >= 0.3 is 23.7 Å². The molecule has 1 heterocycles. The fourth-order valence-corrected chi connectivity index (χ4v) is 12.2. The summed E-state index contributed by atoms with van der Waals surface area (Å²) in [5.41, 5.74) is -3.05.